The molecule has 2 unspecified atom stereocenters. The first-order chi connectivity index (χ1) is 33.4. The summed E-state index contributed by atoms with van der Waals surface area (Å²) in [6.07, 6.45) is -0.450. The van der Waals surface area contributed by atoms with Crippen LogP contribution in [0, 0.1) is 0 Å². The molecular formula is C52H65BN8O10. The quantitative estimate of drug-likeness (QED) is 0.104. The molecule has 19 heteroatoms. The summed E-state index contributed by atoms with van der Waals surface area (Å²) < 4.78 is 12.2. The molecule has 376 valence electrons. The fraction of sp³-hybridized carbons (Fsp3) is 0.442. The maximum atomic E-state index is 13.1. The number of benzene rings is 3. The molecule has 7 N–H and O–H groups in total. The fourth-order valence-electron chi connectivity index (χ4n) is 9.22. The van der Waals surface area contributed by atoms with Gasteiger partial charge in [-0.2, -0.15) is 0 Å². The SMILES string of the molecule is CC(C)(C)NC(=O)C(CCC(=O)O)N1Cc2cc(B3OC(C)(C)C(C)(C)O3)ccc2C1=O.NC(=O)C(CCC(=O)O)N1Cc2cc(-c3cc(N4CCN(Cc5ccccc5)CC4)cc(N)n3)ccc2C1=O. The van der Waals surface area contributed by atoms with E-state index in [1.807, 2.05) is 90.9 Å². The van der Waals surface area contributed by atoms with Gasteiger partial charge in [0.15, 0.2) is 0 Å². The second-order valence-corrected chi connectivity index (χ2v) is 20.7. The zero-order valence-corrected chi connectivity index (χ0v) is 41.6. The number of carboxylic acids is 2. The third-order valence-electron chi connectivity index (χ3n) is 13.7. The van der Waals surface area contributed by atoms with E-state index in [1.165, 1.54) is 15.4 Å². The summed E-state index contributed by atoms with van der Waals surface area (Å²) in [5.41, 5.74) is 17.4. The van der Waals surface area contributed by atoms with Crippen LogP contribution < -0.4 is 27.1 Å². The Kier molecular flexibility index (Phi) is 15.3. The Bertz CT molecular complexity index is 2670. The highest BCUT2D eigenvalue weighted by molar-refractivity contribution is 6.62. The van der Waals surface area contributed by atoms with Crippen molar-refractivity contribution in [2.24, 2.45) is 5.73 Å². The molecule has 0 saturated carbocycles. The first-order valence-electron chi connectivity index (χ1n) is 24.0. The number of amides is 4. The summed E-state index contributed by atoms with van der Waals surface area (Å²) in [5.74, 6) is -3.33. The summed E-state index contributed by atoms with van der Waals surface area (Å²) in [4.78, 5) is 85.4. The predicted molar refractivity (Wildman–Crippen MR) is 268 cm³/mol. The second kappa shape index (κ2) is 20.9. The summed E-state index contributed by atoms with van der Waals surface area (Å²) in [5, 5.41) is 21.0. The van der Waals surface area contributed by atoms with Gasteiger partial charge in [-0.05, 0) is 108 Å². The van der Waals surface area contributed by atoms with Crippen LogP contribution in [0.25, 0.3) is 11.3 Å². The van der Waals surface area contributed by atoms with Gasteiger partial charge in [-0.15, -0.1) is 0 Å². The number of nitrogens with zero attached hydrogens (tertiary/aromatic N) is 5. The van der Waals surface area contributed by atoms with Crippen LogP contribution in [-0.4, -0.2) is 128 Å². The molecule has 71 heavy (non-hydrogen) atoms. The van der Waals surface area contributed by atoms with Crippen molar-refractivity contribution in [3.63, 3.8) is 0 Å². The van der Waals surface area contributed by atoms with Crippen molar-refractivity contribution in [3.05, 3.63) is 107 Å². The number of carboxylic acid groups (broad SMARTS) is 2. The van der Waals surface area contributed by atoms with Gasteiger partial charge in [-0.1, -0.05) is 48.5 Å². The van der Waals surface area contributed by atoms with E-state index in [1.54, 1.807) is 12.1 Å². The van der Waals surface area contributed by atoms with E-state index in [0.29, 0.717) is 22.6 Å². The normalized spacial score (nSPS) is 18.1. The molecule has 3 aromatic carbocycles. The number of carbonyl (C=O) groups excluding carboxylic acids is 4. The van der Waals surface area contributed by atoms with Crippen LogP contribution in [0.15, 0.2) is 78.9 Å². The number of anilines is 2. The van der Waals surface area contributed by atoms with Gasteiger partial charge in [0.2, 0.25) is 11.8 Å². The minimum absolute atomic E-state index is 0.0317. The van der Waals surface area contributed by atoms with E-state index >= 15 is 0 Å². The first kappa shape index (κ1) is 52.0. The largest absolute Gasteiger partial charge is 0.494 e. The van der Waals surface area contributed by atoms with Crippen molar-refractivity contribution >= 4 is 59.7 Å². The van der Waals surface area contributed by atoms with Crippen LogP contribution >= 0.6 is 0 Å². The number of rotatable bonds is 15. The number of nitrogen functional groups attached to an aromatic ring is 1. The lowest BCUT2D eigenvalue weighted by molar-refractivity contribution is -0.139. The fourth-order valence-corrected chi connectivity index (χ4v) is 9.22. The molecule has 4 amide bonds. The topological polar surface area (TPSA) is 251 Å². The lowest BCUT2D eigenvalue weighted by Gasteiger charge is -2.36. The average Bonchev–Trinajstić information content (AvgIpc) is 3.88. The molecule has 2 saturated heterocycles. The number of fused-ring (bicyclic) bond motifs is 2. The average molecular weight is 973 g/mol. The van der Waals surface area contributed by atoms with E-state index in [9.17, 15) is 28.8 Å². The first-order valence-corrected chi connectivity index (χ1v) is 24.0. The number of piperazine rings is 1. The minimum atomic E-state index is -1.05. The standard InChI is InChI=1S/C29H32N6O4.C23H33BN2O6/c30-26-16-22(34-12-10-33(11-13-34)17-19-4-2-1-3-5-19)15-24(32-26)20-6-7-23-21(14-20)18-35(29(23)39)25(28(31)38)8-9-27(36)37;1-21(2,3)25-19(29)17(10-11-18(27)28)26-13-14-12-15(8-9-16(14)20(26)30)24-31-22(4,5)23(6,7)32-24/h1-7,14-16,25H,8-13,17-18H2,(H2,30,32)(H2,31,38)(H,36,37);8-9,12,17H,10-11,13H2,1-7H3,(H,25,29)(H,27,28). The number of nitrogens with two attached hydrogens (primary N) is 2. The molecule has 4 aliphatic heterocycles. The monoisotopic (exact) mass is 972 g/mol. The number of pyridine rings is 1. The van der Waals surface area contributed by atoms with Crippen LogP contribution in [0.3, 0.4) is 0 Å². The van der Waals surface area contributed by atoms with E-state index < -0.39 is 53.8 Å². The Morgan fingerprint density at radius 1 is 0.761 bits per heavy atom. The molecule has 18 nitrogen and oxygen atoms in total. The number of hydrogen-bond acceptors (Lipinski definition) is 12. The molecule has 2 atom stereocenters. The van der Waals surface area contributed by atoms with E-state index in [4.69, 9.17) is 31.0 Å². The molecule has 2 fully saturated rings. The van der Waals surface area contributed by atoms with Gasteiger partial charge in [-0.25, -0.2) is 4.98 Å². The van der Waals surface area contributed by atoms with E-state index in [-0.39, 0.29) is 56.5 Å². The zero-order chi connectivity index (χ0) is 51.6. The molecule has 1 aromatic heterocycles. The summed E-state index contributed by atoms with van der Waals surface area (Å²) >= 11 is 0. The lowest BCUT2D eigenvalue weighted by Crippen LogP contribution is -2.52. The van der Waals surface area contributed by atoms with Gasteiger partial charge >= 0.3 is 19.1 Å². The number of nitrogens with one attached hydrogen (secondary N) is 1. The molecule has 8 rings (SSSR count). The van der Waals surface area contributed by atoms with E-state index in [2.05, 4.69) is 44.4 Å². The number of aliphatic carboxylic acids is 2. The summed E-state index contributed by atoms with van der Waals surface area (Å²) in [6.45, 7) is 18.4. The van der Waals surface area contributed by atoms with Crippen molar-refractivity contribution in [3.8, 4) is 11.3 Å². The van der Waals surface area contributed by atoms with Crippen molar-refractivity contribution in [1.29, 1.82) is 0 Å². The number of primary amides is 1. The summed E-state index contributed by atoms with van der Waals surface area (Å²) in [6, 6.07) is 23.3. The Hall–Kier alpha value is -6.83. The minimum Gasteiger partial charge on any atom is -0.481 e. The second-order valence-electron chi connectivity index (χ2n) is 20.7. The van der Waals surface area contributed by atoms with Gasteiger partial charge in [0.05, 0.1) is 16.9 Å². The molecule has 0 spiro atoms. The van der Waals surface area contributed by atoms with Gasteiger partial charge in [0.1, 0.15) is 17.9 Å². The molecule has 0 bridgehead atoms. The third kappa shape index (κ3) is 12.2. The maximum absolute atomic E-state index is 13.1. The molecule has 5 heterocycles. The zero-order valence-electron chi connectivity index (χ0n) is 41.6. The lowest BCUT2D eigenvalue weighted by atomic mass is 9.78. The van der Waals surface area contributed by atoms with Gasteiger partial charge in [0.25, 0.3) is 11.8 Å². The maximum Gasteiger partial charge on any atom is 0.494 e. The van der Waals surface area contributed by atoms with Crippen LogP contribution in [0.2, 0.25) is 0 Å². The highest BCUT2D eigenvalue weighted by Crippen LogP contribution is 2.37. The molecule has 4 aromatic rings. The molecular weight excluding hydrogens is 907 g/mol. The van der Waals surface area contributed by atoms with E-state index in [0.717, 1.165) is 60.6 Å². The Morgan fingerprint density at radius 2 is 1.31 bits per heavy atom. The predicted octanol–water partition coefficient (Wildman–Crippen LogP) is 4.42. The molecule has 4 aliphatic rings. The highest BCUT2D eigenvalue weighted by atomic mass is 16.7. The van der Waals surface area contributed by atoms with Crippen molar-refractivity contribution < 1.29 is 48.3 Å². The number of carbonyl (C=O) groups is 6. The third-order valence-corrected chi connectivity index (χ3v) is 13.7. The Labute approximate surface area is 414 Å². The Morgan fingerprint density at radius 3 is 1.87 bits per heavy atom. The highest BCUT2D eigenvalue weighted by Gasteiger charge is 2.52. The number of hydrogen-bond donors (Lipinski definition) is 5. The van der Waals surface area contributed by atoms with Crippen LogP contribution in [0.5, 0.6) is 0 Å². The van der Waals surface area contributed by atoms with Gasteiger partial charge < -0.3 is 51.0 Å². The van der Waals surface area contributed by atoms with Crippen molar-refractivity contribution in [2.45, 2.75) is 123 Å². The van der Waals surface area contributed by atoms with Crippen LogP contribution in [0.4, 0.5) is 11.5 Å². The Balaban J connectivity index is 0.000000213. The van der Waals surface area contributed by atoms with Crippen LogP contribution in [-0.2, 0) is 48.1 Å². The molecule has 0 radical (unpaired) electrons. The molecule has 0 aliphatic carbocycles. The summed E-state index contributed by atoms with van der Waals surface area (Å²) in [7, 11) is -0.554. The smallest absolute Gasteiger partial charge is 0.481 e. The number of aromatic nitrogens is 1. The van der Waals surface area contributed by atoms with Crippen LogP contribution in [0.1, 0.15) is 112 Å². The van der Waals surface area contributed by atoms with Crippen molar-refractivity contribution in [1.82, 2.24) is 25.0 Å². The van der Waals surface area contributed by atoms with Gasteiger partial charge in [0, 0.05) is 92.6 Å². The van der Waals surface area contributed by atoms with Gasteiger partial charge in [-0.3, -0.25) is 33.7 Å². The van der Waals surface area contributed by atoms with Crippen molar-refractivity contribution in [2.75, 3.05) is 36.8 Å².